The summed E-state index contributed by atoms with van der Waals surface area (Å²) in [6.07, 6.45) is 0.166. The smallest absolute Gasteiger partial charge is 0.232 e. The van der Waals surface area contributed by atoms with Crippen LogP contribution in [0, 0.1) is 0 Å². The molecule has 0 saturated heterocycles. The molecular formula is C20H27N2O+. The van der Waals surface area contributed by atoms with Crippen LogP contribution in [0.3, 0.4) is 0 Å². The highest BCUT2D eigenvalue weighted by molar-refractivity contribution is 5.90. The molecule has 0 aromatic heterocycles. The number of quaternary nitrogens is 1. The Bertz CT molecular complexity index is 765. The summed E-state index contributed by atoms with van der Waals surface area (Å²) < 4.78 is 38.7. The van der Waals surface area contributed by atoms with E-state index < -0.39 is 29.2 Å². The third kappa shape index (κ3) is 3.62. The fourth-order valence-electron chi connectivity index (χ4n) is 2.81. The summed E-state index contributed by atoms with van der Waals surface area (Å²) in [5.41, 5.74) is 6.11. The number of rotatable bonds is 7. The van der Waals surface area contributed by atoms with Crippen molar-refractivity contribution in [3.63, 3.8) is 0 Å². The molecule has 0 heterocycles. The van der Waals surface area contributed by atoms with Crippen LogP contribution in [0.5, 0.6) is 0 Å². The largest absolute Gasteiger partial charge is 0.369 e. The van der Waals surface area contributed by atoms with Crippen LogP contribution in [0.15, 0.2) is 60.7 Å². The summed E-state index contributed by atoms with van der Waals surface area (Å²) in [6.45, 7) is -5.19. The Labute approximate surface area is 146 Å². The average molecular weight is 316 g/mol. The number of hydrogen-bond acceptors (Lipinski definition) is 1. The third-order valence-corrected chi connectivity index (χ3v) is 4.30. The SMILES string of the molecule is [2H]C([2H])([2H])C([2H])([2H])[N+](C)(C)CCC(C(N)=O)(c1ccccc1)c1ccccc1. The van der Waals surface area contributed by atoms with Gasteiger partial charge in [0.1, 0.15) is 5.41 Å². The zero-order chi connectivity index (χ0) is 21.2. The van der Waals surface area contributed by atoms with E-state index in [9.17, 15) is 4.79 Å². The van der Waals surface area contributed by atoms with Crippen LogP contribution in [-0.2, 0) is 10.2 Å². The van der Waals surface area contributed by atoms with Gasteiger partial charge >= 0.3 is 0 Å². The minimum atomic E-state index is -2.80. The number of benzene rings is 2. The van der Waals surface area contributed by atoms with Gasteiger partial charge in [0.15, 0.2) is 0 Å². The molecule has 122 valence electrons. The van der Waals surface area contributed by atoms with Gasteiger partial charge in [-0.05, 0) is 18.0 Å². The predicted molar refractivity (Wildman–Crippen MR) is 95.0 cm³/mol. The lowest BCUT2D eigenvalue weighted by atomic mass is 9.71. The molecule has 0 aliphatic heterocycles. The van der Waals surface area contributed by atoms with Gasteiger partial charge < -0.3 is 10.2 Å². The molecule has 0 radical (unpaired) electrons. The maximum absolute atomic E-state index is 12.8. The van der Waals surface area contributed by atoms with E-state index in [1.54, 1.807) is 0 Å². The van der Waals surface area contributed by atoms with E-state index in [1.807, 2.05) is 60.7 Å². The summed E-state index contributed by atoms with van der Waals surface area (Å²) in [5, 5.41) is 0. The number of nitrogens with zero attached hydrogens (tertiary/aromatic N) is 1. The van der Waals surface area contributed by atoms with Crippen LogP contribution in [0.4, 0.5) is 0 Å². The first-order chi connectivity index (χ1) is 12.9. The van der Waals surface area contributed by atoms with Crippen molar-refractivity contribution < 1.29 is 16.1 Å². The second-order valence-electron chi connectivity index (χ2n) is 6.27. The Morgan fingerprint density at radius 1 is 1.09 bits per heavy atom. The Hall–Kier alpha value is -2.13. The lowest BCUT2D eigenvalue weighted by Crippen LogP contribution is -2.48. The number of nitrogens with two attached hydrogens (primary N) is 1. The minimum Gasteiger partial charge on any atom is -0.369 e. The maximum atomic E-state index is 12.8. The molecule has 0 atom stereocenters. The van der Waals surface area contributed by atoms with Crippen molar-refractivity contribution in [1.82, 2.24) is 0 Å². The maximum Gasteiger partial charge on any atom is 0.232 e. The standard InChI is InChI=1S/C20H26N2O/c1-4-22(2,3)16-15-20(19(21)23,17-11-7-5-8-12-17)18-13-9-6-10-14-18/h5-14H,4,15-16H2,1-3H3,(H-,21,23)/p+1/i1D3,4D2. The molecule has 2 aromatic rings. The van der Waals surface area contributed by atoms with Crippen molar-refractivity contribution in [3.05, 3.63) is 71.8 Å². The number of hydrogen-bond donors (Lipinski definition) is 1. The predicted octanol–water partition coefficient (Wildman–Crippen LogP) is 2.94. The highest BCUT2D eigenvalue weighted by atomic mass is 16.1. The number of primary amides is 1. The van der Waals surface area contributed by atoms with Gasteiger partial charge in [0, 0.05) is 10.5 Å². The van der Waals surface area contributed by atoms with Crippen molar-refractivity contribution in [2.24, 2.45) is 5.73 Å². The first kappa shape index (κ1) is 11.4. The van der Waals surface area contributed by atoms with Crippen molar-refractivity contribution in [2.45, 2.75) is 18.7 Å². The molecular weight excluding hydrogens is 284 g/mol. The lowest BCUT2D eigenvalue weighted by Gasteiger charge is -2.36. The van der Waals surface area contributed by atoms with Crippen molar-refractivity contribution in [1.29, 1.82) is 0 Å². The Kier molecular flexibility index (Phi) is 3.46. The third-order valence-electron chi connectivity index (χ3n) is 4.30. The Balaban J connectivity index is 2.54. The summed E-state index contributed by atoms with van der Waals surface area (Å²) >= 11 is 0. The van der Waals surface area contributed by atoms with Gasteiger partial charge in [-0.25, -0.2) is 0 Å². The van der Waals surface area contributed by atoms with E-state index in [0.29, 0.717) is 11.1 Å². The molecule has 1 amide bonds. The molecule has 2 aromatic carbocycles. The van der Waals surface area contributed by atoms with Crippen LogP contribution in [0.2, 0.25) is 0 Å². The summed E-state index contributed by atoms with van der Waals surface area (Å²) in [6, 6.07) is 18.2. The molecule has 3 heteroatoms. The zero-order valence-corrected chi connectivity index (χ0v) is 13.6. The molecule has 2 N–H and O–H groups in total. The molecule has 0 fully saturated rings. The molecule has 0 aliphatic carbocycles. The minimum absolute atomic E-state index is 0.0954. The average Bonchev–Trinajstić information content (AvgIpc) is 2.62. The normalized spacial score (nSPS) is 16.5. The highest BCUT2D eigenvalue weighted by Crippen LogP contribution is 2.36. The molecule has 0 spiro atoms. The van der Waals surface area contributed by atoms with Gasteiger partial charge in [-0.3, -0.25) is 4.79 Å². The Morgan fingerprint density at radius 2 is 1.57 bits per heavy atom. The van der Waals surface area contributed by atoms with Crippen LogP contribution >= 0.6 is 0 Å². The summed E-state index contributed by atoms with van der Waals surface area (Å²) in [5.74, 6) is -0.556. The van der Waals surface area contributed by atoms with Gasteiger partial charge in [0.2, 0.25) is 5.91 Å². The second-order valence-corrected chi connectivity index (χ2v) is 6.27. The lowest BCUT2D eigenvalue weighted by molar-refractivity contribution is -0.889. The quantitative estimate of drug-likeness (QED) is 0.784. The van der Waals surface area contributed by atoms with Gasteiger partial charge in [0.05, 0.1) is 29.9 Å². The van der Waals surface area contributed by atoms with Gasteiger partial charge in [-0.1, -0.05) is 60.7 Å². The summed E-state index contributed by atoms with van der Waals surface area (Å²) in [7, 11) is 3.04. The first-order valence-electron chi connectivity index (χ1n) is 10.1. The van der Waals surface area contributed by atoms with Crippen molar-refractivity contribution >= 4 is 5.91 Å². The van der Waals surface area contributed by atoms with E-state index in [4.69, 9.17) is 12.6 Å². The second kappa shape index (κ2) is 6.97. The summed E-state index contributed by atoms with van der Waals surface area (Å²) in [4.78, 5) is 12.8. The molecule has 0 unspecified atom stereocenters. The molecule has 2 rings (SSSR count). The monoisotopic (exact) mass is 316 g/mol. The van der Waals surface area contributed by atoms with Gasteiger partial charge in [0.25, 0.3) is 0 Å². The van der Waals surface area contributed by atoms with E-state index in [0.717, 1.165) is 0 Å². The van der Waals surface area contributed by atoms with E-state index in [1.165, 1.54) is 14.1 Å². The van der Waals surface area contributed by atoms with Crippen LogP contribution in [-0.4, -0.2) is 37.5 Å². The van der Waals surface area contributed by atoms with Crippen molar-refractivity contribution in [2.75, 3.05) is 27.1 Å². The van der Waals surface area contributed by atoms with E-state index >= 15 is 0 Å². The molecule has 0 aliphatic rings. The number of amides is 1. The van der Waals surface area contributed by atoms with Crippen LogP contribution < -0.4 is 5.73 Å². The number of carbonyl (C=O) groups is 1. The van der Waals surface area contributed by atoms with Crippen LogP contribution in [0.1, 0.15) is 31.3 Å². The van der Waals surface area contributed by atoms with E-state index in [2.05, 4.69) is 0 Å². The van der Waals surface area contributed by atoms with Crippen LogP contribution in [0.25, 0.3) is 0 Å². The molecule has 23 heavy (non-hydrogen) atoms. The zero-order valence-electron chi connectivity index (χ0n) is 18.6. The Morgan fingerprint density at radius 3 is 1.96 bits per heavy atom. The number of carbonyl (C=O) groups excluding carboxylic acids is 1. The van der Waals surface area contributed by atoms with Gasteiger partial charge in [-0.15, -0.1) is 0 Å². The van der Waals surface area contributed by atoms with Crippen molar-refractivity contribution in [3.8, 4) is 0 Å². The van der Waals surface area contributed by atoms with E-state index in [-0.39, 0.29) is 13.0 Å². The topological polar surface area (TPSA) is 43.1 Å². The highest BCUT2D eigenvalue weighted by Gasteiger charge is 2.41. The molecule has 3 nitrogen and oxygen atoms in total. The molecule has 0 bridgehead atoms. The fraction of sp³-hybridized carbons (Fsp3) is 0.350. The fourth-order valence-corrected chi connectivity index (χ4v) is 2.81. The first-order valence-corrected chi connectivity index (χ1v) is 7.60. The van der Waals surface area contributed by atoms with Gasteiger partial charge in [-0.2, -0.15) is 0 Å². The molecule has 0 saturated carbocycles.